The van der Waals surface area contributed by atoms with Crippen molar-refractivity contribution < 1.29 is 17.9 Å². The lowest BCUT2D eigenvalue weighted by atomic mass is 10.2. The van der Waals surface area contributed by atoms with E-state index in [2.05, 4.69) is 5.32 Å². The molecule has 1 N–H and O–H groups in total. The average Bonchev–Trinajstić information content (AvgIpc) is 3.25. The maximum atomic E-state index is 12.6. The van der Waals surface area contributed by atoms with Crippen molar-refractivity contribution >= 4 is 27.3 Å². The van der Waals surface area contributed by atoms with Crippen LogP contribution in [-0.2, 0) is 14.8 Å². The SMILES string of the molecule is O=C(NCC1CCCO1)c1cc(S(=O)(=O)N2CCCCC2)cs1. The Balaban J connectivity index is 1.63. The Hall–Kier alpha value is -0.960. The third kappa shape index (κ3) is 3.93. The van der Waals surface area contributed by atoms with E-state index in [-0.39, 0.29) is 16.9 Å². The van der Waals surface area contributed by atoms with Gasteiger partial charge in [-0.1, -0.05) is 6.42 Å². The summed E-state index contributed by atoms with van der Waals surface area (Å²) < 4.78 is 32.1. The second kappa shape index (κ2) is 7.29. The summed E-state index contributed by atoms with van der Waals surface area (Å²) in [6, 6.07) is 1.49. The third-order valence-electron chi connectivity index (χ3n) is 4.27. The molecule has 0 aliphatic carbocycles. The minimum absolute atomic E-state index is 0.0791. The highest BCUT2D eigenvalue weighted by Gasteiger charge is 2.27. The van der Waals surface area contributed by atoms with E-state index in [0.717, 1.165) is 38.7 Å². The molecular formula is C15H22N2O4S2. The summed E-state index contributed by atoms with van der Waals surface area (Å²) in [6.45, 7) is 2.36. The number of carbonyl (C=O) groups excluding carboxylic acids is 1. The average molecular weight is 358 g/mol. The minimum atomic E-state index is -3.47. The first kappa shape index (κ1) is 16.9. The van der Waals surface area contributed by atoms with E-state index >= 15 is 0 Å². The largest absolute Gasteiger partial charge is 0.376 e. The van der Waals surface area contributed by atoms with Crippen LogP contribution < -0.4 is 5.32 Å². The number of carbonyl (C=O) groups is 1. The molecule has 128 valence electrons. The molecule has 0 saturated carbocycles. The first-order valence-electron chi connectivity index (χ1n) is 8.06. The molecule has 3 rings (SSSR count). The summed E-state index contributed by atoms with van der Waals surface area (Å²) in [5.74, 6) is -0.231. The van der Waals surface area contributed by atoms with E-state index in [1.807, 2.05) is 0 Å². The Morgan fingerprint density at radius 1 is 1.30 bits per heavy atom. The Bertz CT molecular complexity index is 644. The fraction of sp³-hybridized carbons (Fsp3) is 0.667. The fourth-order valence-electron chi connectivity index (χ4n) is 2.93. The van der Waals surface area contributed by atoms with Crippen LogP contribution in [0.4, 0.5) is 0 Å². The number of nitrogens with zero attached hydrogens (tertiary/aromatic N) is 1. The smallest absolute Gasteiger partial charge is 0.261 e. The van der Waals surface area contributed by atoms with Crippen LogP contribution in [0, 0.1) is 0 Å². The van der Waals surface area contributed by atoms with Crippen molar-refractivity contribution in [2.24, 2.45) is 0 Å². The highest BCUT2D eigenvalue weighted by molar-refractivity contribution is 7.89. The number of sulfonamides is 1. The molecule has 2 aliphatic rings. The number of hydrogen-bond acceptors (Lipinski definition) is 5. The monoisotopic (exact) mass is 358 g/mol. The molecule has 1 aromatic rings. The maximum Gasteiger partial charge on any atom is 0.261 e. The van der Waals surface area contributed by atoms with Gasteiger partial charge in [-0.05, 0) is 31.7 Å². The molecule has 0 bridgehead atoms. The van der Waals surface area contributed by atoms with Gasteiger partial charge in [0.15, 0.2) is 0 Å². The van der Waals surface area contributed by atoms with Crippen molar-refractivity contribution in [1.29, 1.82) is 0 Å². The molecule has 6 nitrogen and oxygen atoms in total. The van der Waals surface area contributed by atoms with Gasteiger partial charge >= 0.3 is 0 Å². The second-order valence-electron chi connectivity index (χ2n) is 5.96. The fourth-order valence-corrected chi connectivity index (χ4v) is 5.62. The van der Waals surface area contributed by atoms with Crippen molar-refractivity contribution in [1.82, 2.24) is 9.62 Å². The number of ether oxygens (including phenoxy) is 1. The van der Waals surface area contributed by atoms with Crippen LogP contribution in [0.25, 0.3) is 0 Å². The lowest BCUT2D eigenvalue weighted by molar-refractivity contribution is 0.0861. The van der Waals surface area contributed by atoms with Gasteiger partial charge < -0.3 is 10.1 Å². The molecule has 2 fully saturated rings. The molecule has 8 heteroatoms. The van der Waals surface area contributed by atoms with Crippen molar-refractivity contribution in [3.63, 3.8) is 0 Å². The van der Waals surface area contributed by atoms with Gasteiger partial charge in [0.2, 0.25) is 10.0 Å². The van der Waals surface area contributed by atoms with Crippen molar-refractivity contribution in [2.45, 2.75) is 43.1 Å². The highest BCUT2D eigenvalue weighted by Crippen LogP contribution is 2.25. The van der Waals surface area contributed by atoms with Gasteiger partial charge in [0.1, 0.15) is 0 Å². The van der Waals surface area contributed by atoms with E-state index in [1.165, 1.54) is 21.7 Å². The van der Waals surface area contributed by atoms with Gasteiger partial charge in [0.05, 0.1) is 15.9 Å². The van der Waals surface area contributed by atoms with Gasteiger partial charge in [-0.15, -0.1) is 11.3 Å². The number of nitrogens with one attached hydrogen (secondary N) is 1. The molecule has 23 heavy (non-hydrogen) atoms. The van der Waals surface area contributed by atoms with E-state index in [1.54, 1.807) is 5.38 Å². The van der Waals surface area contributed by atoms with Crippen LogP contribution in [0.15, 0.2) is 16.3 Å². The van der Waals surface area contributed by atoms with Gasteiger partial charge in [-0.3, -0.25) is 4.79 Å². The number of thiophene rings is 1. The quantitative estimate of drug-likeness (QED) is 0.871. The predicted molar refractivity (Wildman–Crippen MR) is 88.2 cm³/mol. The molecule has 0 spiro atoms. The normalized spacial score (nSPS) is 23.0. The Labute approximate surface area is 140 Å². The first-order chi connectivity index (χ1) is 11.1. The van der Waals surface area contributed by atoms with Crippen molar-refractivity contribution in [3.05, 3.63) is 16.3 Å². The minimum Gasteiger partial charge on any atom is -0.376 e. The molecule has 1 aromatic heterocycles. The van der Waals surface area contributed by atoms with Crippen LogP contribution in [-0.4, -0.2) is 51.0 Å². The first-order valence-corrected chi connectivity index (χ1v) is 10.4. The van der Waals surface area contributed by atoms with Gasteiger partial charge in [-0.25, -0.2) is 8.42 Å². The maximum absolute atomic E-state index is 12.6. The summed E-state index contributed by atoms with van der Waals surface area (Å²) in [5, 5.41) is 4.38. The Kier molecular flexibility index (Phi) is 5.35. The Morgan fingerprint density at radius 2 is 2.09 bits per heavy atom. The molecule has 1 amide bonds. The van der Waals surface area contributed by atoms with E-state index in [0.29, 0.717) is 24.5 Å². The topological polar surface area (TPSA) is 75.7 Å². The van der Waals surface area contributed by atoms with E-state index in [9.17, 15) is 13.2 Å². The lowest BCUT2D eigenvalue weighted by Crippen LogP contribution is -2.35. The molecule has 3 heterocycles. The van der Waals surface area contributed by atoms with E-state index < -0.39 is 10.0 Å². The second-order valence-corrected chi connectivity index (χ2v) is 8.81. The number of piperidine rings is 1. The van der Waals surface area contributed by atoms with Crippen molar-refractivity contribution in [2.75, 3.05) is 26.2 Å². The summed E-state index contributed by atoms with van der Waals surface area (Å²) >= 11 is 1.17. The van der Waals surface area contributed by atoms with Crippen LogP contribution >= 0.6 is 11.3 Å². The van der Waals surface area contributed by atoms with Crippen LogP contribution in [0.5, 0.6) is 0 Å². The van der Waals surface area contributed by atoms with Crippen LogP contribution in [0.2, 0.25) is 0 Å². The third-order valence-corrected chi connectivity index (χ3v) is 7.22. The molecule has 1 atom stereocenters. The zero-order chi connectivity index (χ0) is 16.3. The zero-order valence-corrected chi connectivity index (χ0v) is 14.6. The summed E-state index contributed by atoms with van der Waals surface area (Å²) in [5.41, 5.74) is 0. The predicted octanol–water partition coefficient (Wildman–Crippen LogP) is 1.83. The molecule has 0 radical (unpaired) electrons. The standard InChI is InChI=1S/C15H22N2O4S2/c18-15(16-10-12-5-4-8-21-12)14-9-13(11-22-14)23(19,20)17-6-2-1-3-7-17/h9,11-12H,1-8,10H2,(H,16,18). The molecule has 2 saturated heterocycles. The van der Waals surface area contributed by atoms with E-state index in [4.69, 9.17) is 4.74 Å². The van der Waals surface area contributed by atoms with Crippen LogP contribution in [0.1, 0.15) is 41.8 Å². The van der Waals surface area contributed by atoms with Gasteiger partial charge in [0, 0.05) is 31.6 Å². The number of hydrogen-bond donors (Lipinski definition) is 1. The number of amides is 1. The molecular weight excluding hydrogens is 336 g/mol. The zero-order valence-electron chi connectivity index (χ0n) is 13.0. The van der Waals surface area contributed by atoms with Gasteiger partial charge in [-0.2, -0.15) is 4.31 Å². The van der Waals surface area contributed by atoms with Gasteiger partial charge in [0.25, 0.3) is 5.91 Å². The Morgan fingerprint density at radius 3 is 2.78 bits per heavy atom. The van der Waals surface area contributed by atoms with Crippen molar-refractivity contribution in [3.8, 4) is 0 Å². The van der Waals surface area contributed by atoms with Crippen LogP contribution in [0.3, 0.4) is 0 Å². The summed E-state index contributed by atoms with van der Waals surface area (Å²) in [6.07, 6.45) is 4.94. The number of rotatable bonds is 5. The molecule has 1 unspecified atom stereocenters. The highest BCUT2D eigenvalue weighted by atomic mass is 32.2. The molecule has 0 aromatic carbocycles. The summed E-state index contributed by atoms with van der Waals surface area (Å²) in [4.78, 5) is 12.8. The molecule has 2 aliphatic heterocycles. The summed E-state index contributed by atoms with van der Waals surface area (Å²) in [7, 11) is -3.47. The lowest BCUT2D eigenvalue weighted by Gasteiger charge is -2.25.